The molecule has 1 fully saturated rings. The fraction of sp³-hybridized carbons (Fsp3) is 0.571. The average Bonchev–Trinajstić information content (AvgIpc) is 3.01. The molecule has 1 saturated heterocycles. The van der Waals surface area contributed by atoms with Gasteiger partial charge in [0.05, 0.1) is 18.1 Å². The smallest absolute Gasteiger partial charge is 0.226 e. The van der Waals surface area contributed by atoms with Crippen LogP contribution in [0.3, 0.4) is 0 Å². The van der Waals surface area contributed by atoms with Crippen molar-refractivity contribution in [1.29, 1.82) is 0 Å². The molecule has 23 heavy (non-hydrogen) atoms. The van der Waals surface area contributed by atoms with Crippen LogP contribution >= 0.6 is 11.6 Å². The molecular formula is C14H21ClN4O4. The van der Waals surface area contributed by atoms with E-state index in [4.69, 9.17) is 37.4 Å². The van der Waals surface area contributed by atoms with Gasteiger partial charge in [-0.3, -0.25) is 0 Å². The molecule has 2 aromatic heterocycles. The molecule has 0 saturated carbocycles. The molecule has 1 aliphatic rings. The van der Waals surface area contributed by atoms with Crippen LogP contribution in [0.2, 0.25) is 5.28 Å². The summed E-state index contributed by atoms with van der Waals surface area (Å²) in [5, 5.41) is 26.1. The van der Waals surface area contributed by atoms with Crippen molar-refractivity contribution < 1.29 is 20.1 Å². The Morgan fingerprint density at radius 2 is 2.04 bits per heavy atom. The maximum atomic E-state index is 9.08. The number of hydrogen-bond donors (Lipinski definition) is 4. The summed E-state index contributed by atoms with van der Waals surface area (Å²) in [6.07, 6.45) is 3.27. The molecule has 5 N–H and O–H groups in total. The predicted octanol–water partition coefficient (Wildman–Crippen LogP) is 1.04. The second kappa shape index (κ2) is 6.98. The molecule has 3 rings (SSSR count). The first-order valence-corrected chi connectivity index (χ1v) is 7.57. The highest BCUT2D eigenvalue weighted by atomic mass is 35.5. The van der Waals surface area contributed by atoms with E-state index in [0.29, 0.717) is 11.5 Å². The summed E-state index contributed by atoms with van der Waals surface area (Å²) in [5.74, 6) is -1.14. The molecule has 2 atom stereocenters. The van der Waals surface area contributed by atoms with E-state index >= 15 is 0 Å². The second-order valence-corrected chi connectivity index (χ2v) is 6.14. The summed E-state index contributed by atoms with van der Waals surface area (Å²) < 4.78 is 7.60. The summed E-state index contributed by atoms with van der Waals surface area (Å²) in [5.41, 5.74) is 6.46. The van der Waals surface area contributed by atoms with E-state index in [2.05, 4.69) is 9.97 Å². The minimum absolute atomic E-state index is 0.0353. The van der Waals surface area contributed by atoms with Gasteiger partial charge in [0.15, 0.2) is 5.79 Å². The Balaban J connectivity index is 0.000000338. The van der Waals surface area contributed by atoms with Crippen molar-refractivity contribution in [2.24, 2.45) is 0 Å². The minimum atomic E-state index is -1.50. The Bertz CT molecular complexity index is 665. The van der Waals surface area contributed by atoms with Gasteiger partial charge in [-0.25, -0.2) is 4.98 Å². The Labute approximate surface area is 138 Å². The normalized spacial score (nSPS) is 21.3. The van der Waals surface area contributed by atoms with Gasteiger partial charge in [-0.05, 0) is 44.4 Å². The van der Waals surface area contributed by atoms with Gasteiger partial charge in [0.25, 0.3) is 0 Å². The van der Waals surface area contributed by atoms with E-state index in [1.807, 2.05) is 16.8 Å². The third kappa shape index (κ3) is 4.76. The SMILES string of the molecule is CC(C)(O)O.Nc1nc(Cl)nc2c1ccn2C1CCC(CO)O1. The Hall–Kier alpha value is -1.45. The number of aliphatic hydroxyl groups is 3. The molecule has 3 heterocycles. The average molecular weight is 345 g/mol. The topological polar surface area (TPSA) is 127 Å². The minimum Gasteiger partial charge on any atom is -0.394 e. The molecule has 0 spiro atoms. The lowest BCUT2D eigenvalue weighted by Crippen LogP contribution is -2.15. The lowest BCUT2D eigenvalue weighted by molar-refractivity contribution is -0.127. The highest BCUT2D eigenvalue weighted by Gasteiger charge is 2.27. The molecule has 2 unspecified atom stereocenters. The molecule has 128 valence electrons. The molecule has 8 nitrogen and oxygen atoms in total. The van der Waals surface area contributed by atoms with E-state index < -0.39 is 5.79 Å². The molecule has 0 aliphatic carbocycles. The molecule has 2 aromatic rings. The van der Waals surface area contributed by atoms with Crippen LogP contribution in [0.4, 0.5) is 5.82 Å². The van der Waals surface area contributed by atoms with Crippen LogP contribution < -0.4 is 5.73 Å². The molecule has 0 bridgehead atoms. The van der Waals surface area contributed by atoms with Crippen molar-refractivity contribution in [3.8, 4) is 0 Å². The Kier molecular flexibility index (Phi) is 5.43. The Morgan fingerprint density at radius 3 is 2.61 bits per heavy atom. The zero-order valence-electron chi connectivity index (χ0n) is 13.0. The molecule has 0 aromatic carbocycles. The summed E-state index contributed by atoms with van der Waals surface area (Å²) in [6, 6.07) is 1.84. The van der Waals surface area contributed by atoms with Crippen LogP contribution in [-0.4, -0.2) is 48.4 Å². The number of nitrogen functional groups attached to an aromatic ring is 1. The maximum Gasteiger partial charge on any atom is 0.226 e. The van der Waals surface area contributed by atoms with Gasteiger partial charge < -0.3 is 30.4 Å². The highest BCUT2D eigenvalue weighted by molar-refractivity contribution is 6.28. The van der Waals surface area contributed by atoms with E-state index in [1.165, 1.54) is 13.8 Å². The van der Waals surface area contributed by atoms with Gasteiger partial charge in [-0.2, -0.15) is 4.98 Å². The lowest BCUT2D eigenvalue weighted by atomic mass is 10.2. The van der Waals surface area contributed by atoms with Gasteiger partial charge in [0, 0.05) is 6.20 Å². The van der Waals surface area contributed by atoms with Gasteiger partial charge in [0.2, 0.25) is 5.28 Å². The molecule has 0 amide bonds. The largest absolute Gasteiger partial charge is 0.394 e. The third-order valence-corrected chi connectivity index (χ3v) is 3.34. The van der Waals surface area contributed by atoms with Crippen LogP contribution in [0.15, 0.2) is 12.3 Å². The van der Waals surface area contributed by atoms with Crippen molar-refractivity contribution in [3.63, 3.8) is 0 Å². The van der Waals surface area contributed by atoms with Crippen LogP contribution in [-0.2, 0) is 4.74 Å². The van der Waals surface area contributed by atoms with E-state index in [0.717, 1.165) is 18.2 Å². The van der Waals surface area contributed by atoms with Crippen molar-refractivity contribution in [3.05, 3.63) is 17.5 Å². The maximum absolute atomic E-state index is 9.08. The van der Waals surface area contributed by atoms with E-state index in [1.54, 1.807) is 0 Å². The number of anilines is 1. The summed E-state index contributed by atoms with van der Waals surface area (Å²) >= 11 is 5.82. The van der Waals surface area contributed by atoms with Crippen molar-refractivity contribution in [2.75, 3.05) is 12.3 Å². The number of nitrogens with zero attached hydrogens (tertiary/aromatic N) is 3. The second-order valence-electron chi connectivity index (χ2n) is 5.81. The van der Waals surface area contributed by atoms with Crippen LogP contribution in [0.5, 0.6) is 0 Å². The number of aromatic nitrogens is 3. The number of nitrogens with two attached hydrogens (primary N) is 1. The lowest BCUT2D eigenvalue weighted by Gasteiger charge is -2.14. The zero-order chi connectivity index (χ0) is 17.2. The van der Waals surface area contributed by atoms with Crippen LogP contribution in [0.25, 0.3) is 11.0 Å². The predicted molar refractivity (Wildman–Crippen MR) is 85.7 cm³/mol. The zero-order valence-corrected chi connectivity index (χ0v) is 13.7. The van der Waals surface area contributed by atoms with E-state index in [-0.39, 0.29) is 24.2 Å². The van der Waals surface area contributed by atoms with Crippen molar-refractivity contribution >= 4 is 28.5 Å². The quantitative estimate of drug-likeness (QED) is 0.473. The number of hydrogen-bond acceptors (Lipinski definition) is 7. The number of rotatable bonds is 2. The van der Waals surface area contributed by atoms with Gasteiger partial charge in [-0.15, -0.1) is 0 Å². The number of aliphatic hydroxyl groups excluding tert-OH is 1. The number of fused-ring (bicyclic) bond motifs is 1. The summed E-state index contributed by atoms with van der Waals surface area (Å²) in [6.45, 7) is 2.63. The van der Waals surface area contributed by atoms with Gasteiger partial charge in [0.1, 0.15) is 17.7 Å². The summed E-state index contributed by atoms with van der Waals surface area (Å²) in [7, 11) is 0. The van der Waals surface area contributed by atoms with Gasteiger partial charge >= 0.3 is 0 Å². The third-order valence-electron chi connectivity index (χ3n) is 3.17. The van der Waals surface area contributed by atoms with Crippen molar-refractivity contribution in [1.82, 2.24) is 14.5 Å². The molecule has 9 heteroatoms. The molecule has 0 radical (unpaired) electrons. The number of ether oxygens (including phenoxy) is 1. The molecule has 1 aliphatic heterocycles. The Morgan fingerprint density at radius 1 is 1.39 bits per heavy atom. The fourth-order valence-electron chi connectivity index (χ4n) is 2.29. The van der Waals surface area contributed by atoms with Crippen LogP contribution in [0, 0.1) is 0 Å². The number of halogens is 1. The first-order chi connectivity index (χ1) is 10.7. The van der Waals surface area contributed by atoms with Gasteiger partial charge in [-0.1, -0.05) is 0 Å². The first-order valence-electron chi connectivity index (χ1n) is 7.19. The fourth-order valence-corrected chi connectivity index (χ4v) is 2.46. The summed E-state index contributed by atoms with van der Waals surface area (Å²) in [4.78, 5) is 8.10. The van der Waals surface area contributed by atoms with Crippen LogP contribution in [0.1, 0.15) is 32.9 Å². The molecular weight excluding hydrogens is 324 g/mol. The first kappa shape index (κ1) is 17.9. The van der Waals surface area contributed by atoms with E-state index in [9.17, 15) is 0 Å². The van der Waals surface area contributed by atoms with Crippen molar-refractivity contribution in [2.45, 2.75) is 44.8 Å². The highest BCUT2D eigenvalue weighted by Crippen LogP contribution is 2.32. The monoisotopic (exact) mass is 344 g/mol. The standard InChI is InChI=1S/C11H13ClN4O2.C3H8O2/c12-11-14-9(13)7-3-4-16(10(7)15-11)8-2-1-6(5-17)18-8;1-3(2,4)5/h3-4,6,8,17H,1-2,5H2,(H2,13,14,15);4-5H,1-2H3.